The predicted octanol–water partition coefficient (Wildman–Crippen LogP) is 1.00. The molecule has 0 aromatic rings. The van der Waals surface area contributed by atoms with Gasteiger partial charge in [0, 0.05) is 12.8 Å². The Kier molecular flexibility index (Phi) is 2.76. The van der Waals surface area contributed by atoms with Gasteiger partial charge in [-0.25, -0.2) is 0 Å². The van der Waals surface area contributed by atoms with E-state index in [-0.39, 0.29) is 0 Å². The zero-order valence-corrected chi connectivity index (χ0v) is 6.99. The van der Waals surface area contributed by atoms with E-state index in [1.165, 1.54) is 12.8 Å². The Morgan fingerprint density at radius 3 is 2.82 bits per heavy atom. The molecule has 1 rings (SSSR count). The molecule has 0 heterocycles. The highest BCUT2D eigenvalue weighted by Gasteiger charge is 2.20. The molecule has 0 atom stereocenters. The molecule has 0 aliphatic heterocycles. The molecule has 62 valence electrons. The van der Waals surface area contributed by atoms with Crippen molar-refractivity contribution in [2.75, 3.05) is 6.54 Å². The highest BCUT2D eigenvalue weighted by atomic mass is 35.5. The molecule has 1 aliphatic carbocycles. The molecule has 0 aromatic carbocycles. The molecule has 0 aromatic heterocycles. The van der Waals surface area contributed by atoms with Gasteiger partial charge in [0.2, 0.25) is 0 Å². The first kappa shape index (κ1) is 8.40. The molecule has 3 nitrogen and oxygen atoms in total. The molecule has 0 amide bonds. The van der Waals surface area contributed by atoms with Crippen molar-refractivity contribution in [2.45, 2.75) is 12.8 Å². The van der Waals surface area contributed by atoms with Crippen LogP contribution in [0.4, 0.5) is 0 Å². The standard InChI is InChI=1S/C7H12ClN3/c8-7(6(10)3-9)11-4-5-1-2-5/h3,5,9,11H,1-2,4,10H2/b7-6+,9-3?. The average molecular weight is 174 g/mol. The Balaban J connectivity index is 2.27. The second-order valence-electron chi connectivity index (χ2n) is 2.74. The van der Waals surface area contributed by atoms with Gasteiger partial charge in [-0.1, -0.05) is 11.6 Å². The van der Waals surface area contributed by atoms with Crippen LogP contribution in [0.2, 0.25) is 0 Å². The Morgan fingerprint density at radius 2 is 2.36 bits per heavy atom. The molecule has 1 saturated carbocycles. The van der Waals surface area contributed by atoms with Gasteiger partial charge in [0.05, 0.1) is 5.70 Å². The quantitative estimate of drug-likeness (QED) is 0.439. The number of rotatable bonds is 4. The van der Waals surface area contributed by atoms with Crippen LogP contribution in [0.25, 0.3) is 0 Å². The van der Waals surface area contributed by atoms with Crippen LogP contribution in [-0.4, -0.2) is 12.8 Å². The summed E-state index contributed by atoms with van der Waals surface area (Å²) in [6, 6.07) is 0. The van der Waals surface area contributed by atoms with Gasteiger partial charge in [0.25, 0.3) is 0 Å². The first-order valence-electron chi connectivity index (χ1n) is 3.63. The van der Waals surface area contributed by atoms with E-state index >= 15 is 0 Å². The molecule has 0 radical (unpaired) electrons. The molecule has 0 spiro atoms. The lowest BCUT2D eigenvalue weighted by molar-refractivity contribution is 0.735. The molecule has 1 aliphatic rings. The van der Waals surface area contributed by atoms with Crippen LogP contribution < -0.4 is 11.1 Å². The minimum Gasteiger partial charge on any atom is -0.395 e. The van der Waals surface area contributed by atoms with Crippen molar-refractivity contribution in [3.05, 3.63) is 10.9 Å². The van der Waals surface area contributed by atoms with Crippen molar-refractivity contribution in [3.63, 3.8) is 0 Å². The van der Waals surface area contributed by atoms with Gasteiger partial charge >= 0.3 is 0 Å². The van der Waals surface area contributed by atoms with Gasteiger partial charge in [-0.05, 0) is 18.8 Å². The Labute approximate surface area is 71.1 Å². The number of hydrogen-bond donors (Lipinski definition) is 3. The maximum atomic E-state index is 6.81. The lowest BCUT2D eigenvalue weighted by atomic mass is 10.4. The summed E-state index contributed by atoms with van der Waals surface area (Å²) in [5.41, 5.74) is 5.66. The second kappa shape index (κ2) is 3.62. The number of allylic oxidation sites excluding steroid dienone is 1. The fraction of sp³-hybridized carbons (Fsp3) is 0.571. The lowest BCUT2D eigenvalue weighted by Crippen LogP contribution is -2.17. The van der Waals surface area contributed by atoms with Crippen molar-refractivity contribution in [3.8, 4) is 0 Å². The van der Waals surface area contributed by atoms with Gasteiger partial charge in [0.15, 0.2) is 0 Å². The molecule has 0 saturated heterocycles. The molecule has 4 heteroatoms. The van der Waals surface area contributed by atoms with Crippen LogP contribution in [0.5, 0.6) is 0 Å². The topological polar surface area (TPSA) is 61.9 Å². The number of nitrogens with two attached hydrogens (primary N) is 1. The third-order valence-electron chi connectivity index (χ3n) is 1.65. The van der Waals surface area contributed by atoms with E-state index in [2.05, 4.69) is 5.32 Å². The number of hydrogen-bond acceptors (Lipinski definition) is 3. The lowest BCUT2D eigenvalue weighted by Gasteiger charge is -2.03. The van der Waals surface area contributed by atoms with Crippen molar-refractivity contribution in [1.29, 1.82) is 5.41 Å². The summed E-state index contributed by atoms with van der Waals surface area (Å²) in [6.45, 7) is 0.882. The van der Waals surface area contributed by atoms with E-state index in [0.29, 0.717) is 10.9 Å². The van der Waals surface area contributed by atoms with Crippen LogP contribution in [0.15, 0.2) is 10.9 Å². The summed E-state index contributed by atoms with van der Waals surface area (Å²) in [6.07, 6.45) is 3.60. The fourth-order valence-corrected chi connectivity index (χ4v) is 0.853. The normalized spacial score (nSPS) is 19.0. The molecule has 1 fully saturated rings. The second-order valence-corrected chi connectivity index (χ2v) is 3.12. The van der Waals surface area contributed by atoms with Crippen LogP contribution in [0, 0.1) is 11.3 Å². The number of halogens is 1. The van der Waals surface area contributed by atoms with Gasteiger partial charge in [0.1, 0.15) is 5.16 Å². The summed E-state index contributed by atoms with van der Waals surface area (Å²) in [4.78, 5) is 0. The summed E-state index contributed by atoms with van der Waals surface area (Å²) >= 11 is 5.70. The van der Waals surface area contributed by atoms with E-state index < -0.39 is 0 Å². The molecule has 11 heavy (non-hydrogen) atoms. The van der Waals surface area contributed by atoms with Crippen LogP contribution in [0.1, 0.15) is 12.8 Å². The van der Waals surface area contributed by atoms with E-state index in [1.807, 2.05) is 0 Å². The van der Waals surface area contributed by atoms with Crippen LogP contribution in [-0.2, 0) is 0 Å². The highest BCUT2D eigenvalue weighted by molar-refractivity contribution is 6.30. The van der Waals surface area contributed by atoms with Gasteiger partial charge in [-0.2, -0.15) is 0 Å². The van der Waals surface area contributed by atoms with Crippen LogP contribution >= 0.6 is 11.6 Å². The van der Waals surface area contributed by atoms with E-state index in [1.54, 1.807) is 0 Å². The maximum Gasteiger partial charge on any atom is 0.127 e. The summed E-state index contributed by atoms with van der Waals surface area (Å²) in [5.74, 6) is 0.766. The zero-order valence-electron chi connectivity index (χ0n) is 6.23. The maximum absolute atomic E-state index is 6.81. The molecular formula is C7H12ClN3. The molecule has 0 unspecified atom stereocenters. The summed E-state index contributed by atoms with van der Waals surface area (Å²) in [7, 11) is 0. The largest absolute Gasteiger partial charge is 0.395 e. The molecule has 4 N–H and O–H groups in total. The van der Waals surface area contributed by atoms with Crippen molar-refractivity contribution in [2.24, 2.45) is 11.7 Å². The Morgan fingerprint density at radius 1 is 1.73 bits per heavy atom. The van der Waals surface area contributed by atoms with E-state index in [9.17, 15) is 0 Å². The van der Waals surface area contributed by atoms with Gasteiger partial charge in [-0.3, -0.25) is 0 Å². The zero-order chi connectivity index (χ0) is 8.27. The average Bonchev–Trinajstić information content (AvgIpc) is 2.81. The van der Waals surface area contributed by atoms with E-state index in [4.69, 9.17) is 22.7 Å². The third-order valence-corrected chi connectivity index (χ3v) is 2.00. The molecular weight excluding hydrogens is 162 g/mol. The predicted molar refractivity (Wildman–Crippen MR) is 46.6 cm³/mol. The van der Waals surface area contributed by atoms with Crippen LogP contribution in [0.3, 0.4) is 0 Å². The smallest absolute Gasteiger partial charge is 0.127 e. The van der Waals surface area contributed by atoms with Crippen molar-refractivity contribution in [1.82, 2.24) is 5.32 Å². The Bertz CT molecular complexity index is 184. The third kappa shape index (κ3) is 2.80. The first-order valence-corrected chi connectivity index (χ1v) is 4.01. The summed E-state index contributed by atoms with van der Waals surface area (Å²) < 4.78 is 0. The SMILES string of the molecule is N=C/C(N)=C(/Cl)NCC1CC1. The van der Waals surface area contributed by atoms with Gasteiger partial charge < -0.3 is 16.5 Å². The molecule has 0 bridgehead atoms. The summed E-state index contributed by atoms with van der Waals surface area (Å²) in [5, 5.41) is 10.2. The minimum atomic E-state index is 0.298. The fourth-order valence-electron chi connectivity index (χ4n) is 0.721. The Hall–Kier alpha value is -0.700. The van der Waals surface area contributed by atoms with Crippen molar-refractivity contribution < 1.29 is 0 Å². The van der Waals surface area contributed by atoms with E-state index in [0.717, 1.165) is 18.7 Å². The van der Waals surface area contributed by atoms with Gasteiger partial charge in [-0.15, -0.1) is 0 Å². The first-order chi connectivity index (χ1) is 5.24. The monoisotopic (exact) mass is 173 g/mol. The highest BCUT2D eigenvalue weighted by Crippen LogP contribution is 2.28. The number of nitrogens with one attached hydrogen (secondary N) is 2. The van der Waals surface area contributed by atoms with Crippen molar-refractivity contribution >= 4 is 17.8 Å². The minimum absolute atomic E-state index is 0.298.